The molecule has 0 atom stereocenters. The minimum Gasteiger partial charge on any atom is -0.294 e. The van der Waals surface area contributed by atoms with E-state index >= 15 is 0 Å². The largest absolute Gasteiger partial charge is 0.294 e. The summed E-state index contributed by atoms with van der Waals surface area (Å²) >= 11 is 0. The monoisotopic (exact) mass is 218 g/mol. The SMILES string of the molecule is CCCC1=C(c2ccc(F)cc2)C(=O)CC1. The van der Waals surface area contributed by atoms with E-state index in [0.717, 1.165) is 30.4 Å². The standard InChI is InChI=1S/C14H15FO/c1-2-3-10-6-9-13(16)14(10)11-4-7-12(15)8-5-11/h4-5,7-8H,2-3,6,9H2,1H3. The van der Waals surface area contributed by atoms with Gasteiger partial charge in [0.25, 0.3) is 0 Å². The van der Waals surface area contributed by atoms with Crippen LogP contribution in [0.25, 0.3) is 5.57 Å². The van der Waals surface area contributed by atoms with Gasteiger partial charge >= 0.3 is 0 Å². The summed E-state index contributed by atoms with van der Waals surface area (Å²) in [6.07, 6.45) is 3.51. The number of carbonyl (C=O) groups is 1. The predicted octanol–water partition coefficient (Wildman–Crippen LogP) is 3.74. The van der Waals surface area contributed by atoms with E-state index in [0.29, 0.717) is 6.42 Å². The Morgan fingerprint density at radius 1 is 1.19 bits per heavy atom. The highest BCUT2D eigenvalue weighted by Crippen LogP contribution is 2.33. The van der Waals surface area contributed by atoms with Gasteiger partial charge in [0.2, 0.25) is 0 Å². The molecule has 84 valence electrons. The second-order valence-corrected chi connectivity index (χ2v) is 4.16. The van der Waals surface area contributed by atoms with E-state index in [-0.39, 0.29) is 11.6 Å². The number of ketones is 1. The van der Waals surface area contributed by atoms with Crippen molar-refractivity contribution >= 4 is 11.4 Å². The molecule has 1 aliphatic carbocycles. The first-order valence-electron chi connectivity index (χ1n) is 5.73. The van der Waals surface area contributed by atoms with E-state index in [4.69, 9.17) is 0 Å². The highest BCUT2D eigenvalue weighted by molar-refractivity contribution is 6.23. The van der Waals surface area contributed by atoms with Crippen LogP contribution in [0.5, 0.6) is 0 Å². The lowest BCUT2D eigenvalue weighted by Gasteiger charge is -2.05. The number of hydrogen-bond donors (Lipinski definition) is 0. The van der Waals surface area contributed by atoms with E-state index in [9.17, 15) is 9.18 Å². The molecule has 0 saturated heterocycles. The van der Waals surface area contributed by atoms with Gasteiger partial charge in [0.1, 0.15) is 5.82 Å². The third kappa shape index (κ3) is 2.06. The Bertz CT molecular complexity index is 429. The van der Waals surface area contributed by atoms with E-state index in [1.165, 1.54) is 17.7 Å². The van der Waals surface area contributed by atoms with Gasteiger partial charge in [0.15, 0.2) is 5.78 Å². The first kappa shape index (κ1) is 11.1. The fraction of sp³-hybridized carbons (Fsp3) is 0.357. The van der Waals surface area contributed by atoms with Gasteiger partial charge in [0.05, 0.1) is 0 Å². The molecule has 0 radical (unpaired) electrons. The number of Topliss-reactive ketones (excluding diaryl/α,β-unsaturated/α-hetero) is 1. The van der Waals surface area contributed by atoms with Gasteiger partial charge in [-0.25, -0.2) is 4.39 Å². The zero-order chi connectivity index (χ0) is 11.5. The molecule has 1 aromatic rings. The topological polar surface area (TPSA) is 17.1 Å². The second-order valence-electron chi connectivity index (χ2n) is 4.16. The zero-order valence-electron chi connectivity index (χ0n) is 9.42. The van der Waals surface area contributed by atoms with Crippen molar-refractivity contribution in [3.8, 4) is 0 Å². The highest BCUT2D eigenvalue weighted by atomic mass is 19.1. The second kappa shape index (κ2) is 4.60. The van der Waals surface area contributed by atoms with Gasteiger partial charge in [-0.1, -0.05) is 31.1 Å². The Balaban J connectivity index is 2.39. The molecule has 0 amide bonds. The minimum absolute atomic E-state index is 0.204. The van der Waals surface area contributed by atoms with Crippen molar-refractivity contribution in [3.05, 3.63) is 41.2 Å². The number of halogens is 1. The lowest BCUT2D eigenvalue weighted by Crippen LogP contribution is -1.96. The number of rotatable bonds is 3. The molecule has 0 fully saturated rings. The van der Waals surface area contributed by atoms with E-state index in [1.54, 1.807) is 12.1 Å². The zero-order valence-corrected chi connectivity index (χ0v) is 9.42. The van der Waals surface area contributed by atoms with Gasteiger partial charge in [0, 0.05) is 12.0 Å². The Kier molecular flexibility index (Phi) is 3.18. The summed E-state index contributed by atoms with van der Waals surface area (Å²) in [5.74, 6) is -0.0538. The fourth-order valence-corrected chi connectivity index (χ4v) is 2.25. The Morgan fingerprint density at radius 3 is 2.50 bits per heavy atom. The maximum atomic E-state index is 12.8. The van der Waals surface area contributed by atoms with Crippen molar-refractivity contribution in [2.24, 2.45) is 0 Å². The molecule has 0 bridgehead atoms. The van der Waals surface area contributed by atoms with Crippen molar-refractivity contribution < 1.29 is 9.18 Å². The number of allylic oxidation sites excluding steroid dienone is 2. The minimum atomic E-state index is -0.258. The summed E-state index contributed by atoms with van der Waals surface area (Å²) in [6.45, 7) is 2.11. The van der Waals surface area contributed by atoms with Crippen LogP contribution in [0, 0.1) is 5.82 Å². The van der Waals surface area contributed by atoms with Crippen LogP contribution >= 0.6 is 0 Å². The molecule has 2 heteroatoms. The number of hydrogen-bond acceptors (Lipinski definition) is 1. The van der Waals surface area contributed by atoms with Crippen molar-refractivity contribution in [3.63, 3.8) is 0 Å². The van der Waals surface area contributed by atoms with Crippen LogP contribution in [0.3, 0.4) is 0 Å². The average Bonchev–Trinajstić information content (AvgIpc) is 2.62. The molecular formula is C14H15FO. The van der Waals surface area contributed by atoms with Gasteiger partial charge in [-0.05, 0) is 30.5 Å². The molecule has 0 aliphatic heterocycles. The summed E-state index contributed by atoms with van der Waals surface area (Å²) in [5.41, 5.74) is 2.94. The molecule has 0 heterocycles. The lowest BCUT2D eigenvalue weighted by molar-refractivity contribution is -0.113. The molecule has 16 heavy (non-hydrogen) atoms. The van der Waals surface area contributed by atoms with Crippen LogP contribution in [0.15, 0.2) is 29.8 Å². The molecular weight excluding hydrogens is 203 g/mol. The smallest absolute Gasteiger partial charge is 0.163 e. The summed E-state index contributed by atoms with van der Waals surface area (Å²) in [6, 6.07) is 6.22. The maximum absolute atomic E-state index is 12.8. The van der Waals surface area contributed by atoms with Gasteiger partial charge < -0.3 is 0 Å². The van der Waals surface area contributed by atoms with Crippen molar-refractivity contribution in [2.75, 3.05) is 0 Å². The molecule has 1 nitrogen and oxygen atoms in total. The quantitative estimate of drug-likeness (QED) is 0.755. The predicted molar refractivity (Wildman–Crippen MR) is 62.5 cm³/mol. The first-order valence-corrected chi connectivity index (χ1v) is 5.73. The molecule has 1 aliphatic rings. The number of carbonyl (C=O) groups excluding carboxylic acids is 1. The molecule has 0 aromatic heterocycles. The molecule has 2 rings (SSSR count). The van der Waals surface area contributed by atoms with E-state index in [1.807, 2.05) is 0 Å². The summed E-state index contributed by atoms with van der Waals surface area (Å²) in [4.78, 5) is 11.8. The van der Waals surface area contributed by atoms with Gasteiger partial charge in [-0.2, -0.15) is 0 Å². The van der Waals surface area contributed by atoms with Gasteiger partial charge in [-0.15, -0.1) is 0 Å². The van der Waals surface area contributed by atoms with Crippen LogP contribution < -0.4 is 0 Å². The van der Waals surface area contributed by atoms with Crippen molar-refractivity contribution in [2.45, 2.75) is 32.6 Å². The summed E-state index contributed by atoms with van der Waals surface area (Å²) < 4.78 is 12.8. The van der Waals surface area contributed by atoms with Crippen LogP contribution in [0.4, 0.5) is 4.39 Å². The Labute approximate surface area is 95.0 Å². The van der Waals surface area contributed by atoms with E-state index in [2.05, 4.69) is 6.92 Å². The van der Waals surface area contributed by atoms with Crippen LogP contribution in [0.1, 0.15) is 38.2 Å². The Hall–Kier alpha value is -1.44. The highest BCUT2D eigenvalue weighted by Gasteiger charge is 2.23. The fourth-order valence-electron chi connectivity index (χ4n) is 2.25. The molecule has 1 aromatic carbocycles. The average molecular weight is 218 g/mol. The molecule has 0 spiro atoms. The van der Waals surface area contributed by atoms with Crippen molar-refractivity contribution in [1.82, 2.24) is 0 Å². The summed E-state index contributed by atoms with van der Waals surface area (Å²) in [7, 11) is 0. The van der Waals surface area contributed by atoms with Crippen LogP contribution in [-0.2, 0) is 4.79 Å². The third-order valence-electron chi connectivity index (χ3n) is 2.97. The molecule has 0 N–H and O–H groups in total. The first-order chi connectivity index (χ1) is 7.72. The van der Waals surface area contributed by atoms with Crippen molar-refractivity contribution in [1.29, 1.82) is 0 Å². The lowest BCUT2D eigenvalue weighted by atomic mass is 9.99. The van der Waals surface area contributed by atoms with Crippen LogP contribution in [0.2, 0.25) is 0 Å². The van der Waals surface area contributed by atoms with Gasteiger partial charge in [-0.3, -0.25) is 4.79 Å². The third-order valence-corrected chi connectivity index (χ3v) is 2.97. The van der Waals surface area contributed by atoms with E-state index < -0.39 is 0 Å². The normalized spacial score (nSPS) is 16.0. The maximum Gasteiger partial charge on any atom is 0.163 e. The number of benzene rings is 1. The molecule has 0 unspecified atom stereocenters. The summed E-state index contributed by atoms with van der Waals surface area (Å²) in [5, 5.41) is 0. The Morgan fingerprint density at radius 2 is 1.88 bits per heavy atom. The van der Waals surface area contributed by atoms with Crippen LogP contribution in [-0.4, -0.2) is 5.78 Å². The molecule has 0 saturated carbocycles.